The molecular formula is C16H27NO3. The third-order valence-electron chi connectivity index (χ3n) is 4.80. The zero-order chi connectivity index (χ0) is 14.7. The summed E-state index contributed by atoms with van der Waals surface area (Å²) in [5, 5.41) is 2.75. The fourth-order valence-electron chi connectivity index (χ4n) is 3.48. The van der Waals surface area contributed by atoms with E-state index in [1.807, 2.05) is 0 Å². The van der Waals surface area contributed by atoms with Crippen molar-refractivity contribution in [2.24, 2.45) is 23.7 Å². The molecule has 4 nitrogen and oxygen atoms in total. The van der Waals surface area contributed by atoms with E-state index in [9.17, 15) is 9.59 Å². The van der Waals surface area contributed by atoms with Gasteiger partial charge in [0.2, 0.25) is 5.91 Å². The lowest BCUT2D eigenvalue weighted by atomic mass is 9.75. The van der Waals surface area contributed by atoms with Gasteiger partial charge in [0.25, 0.3) is 0 Å². The molecule has 0 aromatic rings. The van der Waals surface area contributed by atoms with Crippen LogP contribution in [0.2, 0.25) is 0 Å². The first kappa shape index (κ1) is 15.3. The molecule has 4 atom stereocenters. The van der Waals surface area contributed by atoms with Crippen molar-refractivity contribution in [2.75, 3.05) is 6.54 Å². The maximum absolute atomic E-state index is 12.3. The number of nitrogens with one attached hydrogen (secondary N) is 1. The van der Waals surface area contributed by atoms with Crippen molar-refractivity contribution in [3.63, 3.8) is 0 Å². The second kappa shape index (κ2) is 6.59. The summed E-state index contributed by atoms with van der Waals surface area (Å²) < 4.78 is 5.75. The van der Waals surface area contributed by atoms with E-state index in [2.05, 4.69) is 26.1 Å². The largest absolute Gasteiger partial charge is 0.461 e. The molecule has 1 aliphatic carbocycles. The number of amides is 1. The van der Waals surface area contributed by atoms with Crippen molar-refractivity contribution in [1.29, 1.82) is 0 Å². The van der Waals surface area contributed by atoms with E-state index in [0.29, 0.717) is 30.7 Å². The Hall–Kier alpha value is -1.06. The summed E-state index contributed by atoms with van der Waals surface area (Å²) in [5.41, 5.74) is 0. The molecule has 1 heterocycles. The number of rotatable bonds is 3. The highest BCUT2D eigenvalue weighted by molar-refractivity contribution is 5.98. The molecule has 0 radical (unpaired) electrons. The van der Waals surface area contributed by atoms with Gasteiger partial charge in [-0.1, -0.05) is 27.2 Å². The Labute approximate surface area is 121 Å². The topological polar surface area (TPSA) is 55.4 Å². The van der Waals surface area contributed by atoms with Gasteiger partial charge in [0, 0.05) is 6.54 Å². The summed E-state index contributed by atoms with van der Waals surface area (Å²) >= 11 is 0. The van der Waals surface area contributed by atoms with Gasteiger partial charge < -0.3 is 10.1 Å². The summed E-state index contributed by atoms with van der Waals surface area (Å²) in [6.07, 6.45) is 4.73. The Bertz CT molecular complexity index is 367. The van der Waals surface area contributed by atoms with Crippen LogP contribution in [0.4, 0.5) is 0 Å². The van der Waals surface area contributed by atoms with Gasteiger partial charge in [-0.3, -0.25) is 9.59 Å². The van der Waals surface area contributed by atoms with E-state index in [0.717, 1.165) is 19.3 Å². The molecule has 1 amide bonds. The van der Waals surface area contributed by atoms with Crippen LogP contribution in [0, 0.1) is 23.7 Å². The van der Waals surface area contributed by atoms with Crippen molar-refractivity contribution in [2.45, 2.75) is 59.0 Å². The minimum absolute atomic E-state index is 0.0130. The number of ether oxygens (including phenoxy) is 1. The summed E-state index contributed by atoms with van der Waals surface area (Å²) in [4.78, 5) is 24.0. The van der Waals surface area contributed by atoms with Gasteiger partial charge in [0.05, 0.1) is 0 Å². The molecule has 2 fully saturated rings. The minimum Gasteiger partial charge on any atom is -0.461 e. The molecule has 0 aromatic carbocycles. The molecule has 0 aromatic heterocycles. The van der Waals surface area contributed by atoms with Crippen LogP contribution >= 0.6 is 0 Å². The molecule has 2 rings (SSSR count). The lowest BCUT2D eigenvalue weighted by Crippen LogP contribution is -2.44. The van der Waals surface area contributed by atoms with Gasteiger partial charge in [0.15, 0.2) is 0 Å². The average Bonchev–Trinajstić information content (AvgIpc) is 2.38. The van der Waals surface area contributed by atoms with Crippen LogP contribution in [0.3, 0.4) is 0 Å². The highest BCUT2D eigenvalue weighted by Gasteiger charge is 2.37. The van der Waals surface area contributed by atoms with Gasteiger partial charge in [-0.2, -0.15) is 0 Å². The molecule has 114 valence electrons. The first-order chi connectivity index (χ1) is 9.49. The molecule has 2 aliphatic rings. The number of hydrogen-bond donors (Lipinski definition) is 1. The van der Waals surface area contributed by atoms with Crippen LogP contribution < -0.4 is 5.32 Å². The van der Waals surface area contributed by atoms with Gasteiger partial charge in [-0.05, 0) is 43.4 Å². The second-order valence-corrected chi connectivity index (χ2v) is 6.79. The Morgan fingerprint density at radius 1 is 1.30 bits per heavy atom. The molecule has 0 spiro atoms. The Morgan fingerprint density at radius 3 is 2.70 bits per heavy atom. The molecule has 0 bridgehead atoms. The zero-order valence-electron chi connectivity index (χ0n) is 12.9. The highest BCUT2D eigenvalue weighted by Crippen LogP contribution is 2.35. The van der Waals surface area contributed by atoms with E-state index < -0.39 is 5.92 Å². The maximum atomic E-state index is 12.3. The van der Waals surface area contributed by atoms with Crippen LogP contribution in [0.25, 0.3) is 0 Å². The number of carbonyl (C=O) groups excluding carboxylic acids is 2. The number of hydrogen-bond acceptors (Lipinski definition) is 3. The molecular weight excluding hydrogens is 254 g/mol. The molecule has 1 saturated carbocycles. The highest BCUT2D eigenvalue weighted by atomic mass is 16.5. The first-order valence-electron chi connectivity index (χ1n) is 7.97. The molecule has 1 unspecified atom stereocenters. The van der Waals surface area contributed by atoms with Crippen LogP contribution in [0.1, 0.15) is 52.9 Å². The fraction of sp³-hybridized carbons (Fsp3) is 0.875. The maximum Gasteiger partial charge on any atom is 0.318 e. The smallest absolute Gasteiger partial charge is 0.318 e. The van der Waals surface area contributed by atoms with Crippen LogP contribution in [-0.4, -0.2) is 24.5 Å². The molecule has 1 aliphatic heterocycles. The Morgan fingerprint density at radius 2 is 2.05 bits per heavy atom. The van der Waals surface area contributed by atoms with E-state index in [1.165, 1.54) is 6.42 Å². The lowest BCUT2D eigenvalue weighted by molar-refractivity contribution is -0.164. The quantitative estimate of drug-likeness (QED) is 0.639. The lowest BCUT2D eigenvalue weighted by Gasteiger charge is -2.37. The standard InChI is InChI=1S/C16H27NO3/c1-10(2)12-7-6-11(3)9-14(12)20-16(19)13-5-4-8-17-15(13)18/h10-14H,4-9H2,1-3H3,(H,17,18)/t11-,12+,13?,14-/m0/s1. The molecule has 1 N–H and O–H groups in total. The molecule has 20 heavy (non-hydrogen) atoms. The van der Waals surface area contributed by atoms with Crippen molar-refractivity contribution >= 4 is 11.9 Å². The van der Waals surface area contributed by atoms with Gasteiger partial charge in [-0.25, -0.2) is 0 Å². The monoisotopic (exact) mass is 281 g/mol. The Balaban J connectivity index is 1.98. The van der Waals surface area contributed by atoms with Crippen molar-refractivity contribution in [1.82, 2.24) is 5.32 Å². The normalized spacial score (nSPS) is 34.7. The summed E-state index contributed by atoms with van der Waals surface area (Å²) in [6.45, 7) is 7.27. The fourth-order valence-corrected chi connectivity index (χ4v) is 3.48. The number of piperidine rings is 1. The minimum atomic E-state index is -0.589. The van der Waals surface area contributed by atoms with Crippen LogP contribution in [-0.2, 0) is 14.3 Å². The van der Waals surface area contributed by atoms with Gasteiger partial charge in [0.1, 0.15) is 12.0 Å². The predicted molar refractivity (Wildman–Crippen MR) is 77.0 cm³/mol. The number of carbonyl (C=O) groups is 2. The van der Waals surface area contributed by atoms with E-state index in [4.69, 9.17) is 4.74 Å². The first-order valence-corrected chi connectivity index (χ1v) is 7.97. The van der Waals surface area contributed by atoms with Crippen molar-refractivity contribution in [3.05, 3.63) is 0 Å². The Kier molecular flexibility index (Phi) is 5.06. The summed E-state index contributed by atoms with van der Waals surface area (Å²) in [5.74, 6) is 0.484. The van der Waals surface area contributed by atoms with E-state index >= 15 is 0 Å². The average molecular weight is 281 g/mol. The van der Waals surface area contributed by atoms with Crippen molar-refractivity contribution < 1.29 is 14.3 Å². The van der Waals surface area contributed by atoms with Gasteiger partial charge >= 0.3 is 5.97 Å². The third-order valence-corrected chi connectivity index (χ3v) is 4.80. The van der Waals surface area contributed by atoms with Crippen LogP contribution in [0.5, 0.6) is 0 Å². The summed E-state index contributed by atoms with van der Waals surface area (Å²) in [6, 6.07) is 0. The predicted octanol–water partition coefficient (Wildman–Crippen LogP) is 2.52. The van der Waals surface area contributed by atoms with E-state index in [-0.39, 0.29) is 18.0 Å². The van der Waals surface area contributed by atoms with E-state index in [1.54, 1.807) is 0 Å². The summed E-state index contributed by atoms with van der Waals surface area (Å²) in [7, 11) is 0. The third kappa shape index (κ3) is 3.53. The van der Waals surface area contributed by atoms with Gasteiger partial charge in [-0.15, -0.1) is 0 Å². The second-order valence-electron chi connectivity index (χ2n) is 6.79. The SMILES string of the molecule is CC(C)[C@H]1CC[C@H](C)C[C@@H]1OC(=O)C1CCCNC1=O. The number of esters is 1. The molecule has 4 heteroatoms. The zero-order valence-corrected chi connectivity index (χ0v) is 12.9. The van der Waals surface area contributed by atoms with Crippen LogP contribution in [0.15, 0.2) is 0 Å². The van der Waals surface area contributed by atoms with Crippen molar-refractivity contribution in [3.8, 4) is 0 Å². The molecule has 1 saturated heterocycles.